The Morgan fingerprint density at radius 1 is 1.17 bits per heavy atom. The zero-order chi connectivity index (χ0) is 17.7. The van der Waals surface area contributed by atoms with Crippen LogP contribution in [-0.4, -0.2) is 21.6 Å². The van der Waals surface area contributed by atoms with E-state index in [-0.39, 0.29) is 24.6 Å². The van der Waals surface area contributed by atoms with Crippen molar-refractivity contribution in [2.75, 3.05) is 0 Å². The molecular weight excluding hydrogens is 310 g/mol. The van der Waals surface area contributed by atoms with Crippen molar-refractivity contribution in [3.63, 3.8) is 0 Å². The highest BCUT2D eigenvalue weighted by molar-refractivity contribution is 5.76. The smallest absolute Gasteiger partial charge is 0.328 e. The Kier molecular flexibility index (Phi) is 5.57. The molecule has 1 aromatic heterocycles. The first-order valence-electron chi connectivity index (χ1n) is 7.71. The first-order valence-corrected chi connectivity index (χ1v) is 7.71. The number of hydrogen-bond acceptors (Lipinski definition) is 4. The first kappa shape index (κ1) is 17.5. The van der Waals surface area contributed by atoms with Crippen LogP contribution < -0.4 is 21.3 Å². The molecule has 0 bridgehead atoms. The molecule has 0 saturated carbocycles. The average Bonchev–Trinajstić information content (AvgIpc) is 2.50. The Morgan fingerprint density at radius 2 is 1.83 bits per heavy atom. The van der Waals surface area contributed by atoms with Crippen LogP contribution in [0.3, 0.4) is 0 Å². The van der Waals surface area contributed by atoms with Gasteiger partial charge in [-0.1, -0.05) is 12.1 Å². The lowest BCUT2D eigenvalue weighted by atomic mass is 10.1. The minimum atomic E-state index is -0.611. The lowest BCUT2D eigenvalue weighted by molar-refractivity contribution is -0.122. The summed E-state index contributed by atoms with van der Waals surface area (Å²) in [4.78, 5) is 36.7. The minimum absolute atomic E-state index is 0.101. The molecule has 128 valence electrons. The summed E-state index contributed by atoms with van der Waals surface area (Å²) in [7, 11) is 0. The van der Waals surface area contributed by atoms with Gasteiger partial charge in [-0.05, 0) is 38.5 Å². The molecule has 1 heterocycles. The number of nitrogens with one attached hydrogen (secondary N) is 2. The normalized spacial score (nSPS) is 12.0. The largest absolute Gasteiger partial charge is 0.491 e. The zero-order valence-electron chi connectivity index (χ0n) is 13.9. The molecule has 0 aliphatic heterocycles. The maximum atomic E-state index is 12.1. The van der Waals surface area contributed by atoms with E-state index < -0.39 is 11.2 Å². The van der Waals surface area contributed by atoms with Crippen LogP contribution in [0.5, 0.6) is 5.75 Å². The number of H-pyrrole nitrogens is 1. The van der Waals surface area contributed by atoms with Crippen LogP contribution in [0.15, 0.2) is 46.1 Å². The van der Waals surface area contributed by atoms with Crippen molar-refractivity contribution < 1.29 is 9.53 Å². The third kappa shape index (κ3) is 4.84. The molecule has 1 unspecified atom stereocenters. The highest BCUT2D eigenvalue weighted by Gasteiger charge is 2.11. The Bertz CT molecular complexity index is 806. The number of carbonyl (C=O) groups excluding carboxylic acids is 1. The second-order valence-electron chi connectivity index (χ2n) is 5.76. The number of aromatic nitrogens is 2. The molecule has 1 amide bonds. The first-order chi connectivity index (χ1) is 11.3. The number of ether oxygens (including phenoxy) is 1. The Labute approximate surface area is 139 Å². The molecular formula is C17H21N3O4. The fraction of sp³-hybridized carbons (Fsp3) is 0.353. The minimum Gasteiger partial charge on any atom is -0.491 e. The molecule has 0 radical (unpaired) electrons. The molecule has 0 aliphatic carbocycles. The van der Waals surface area contributed by atoms with E-state index in [1.807, 2.05) is 45.0 Å². The number of amides is 1. The molecule has 1 aromatic carbocycles. The molecule has 1 atom stereocenters. The van der Waals surface area contributed by atoms with E-state index in [1.54, 1.807) is 0 Å². The van der Waals surface area contributed by atoms with Gasteiger partial charge in [0.25, 0.3) is 5.56 Å². The summed E-state index contributed by atoms with van der Waals surface area (Å²) in [5, 5.41) is 2.82. The van der Waals surface area contributed by atoms with E-state index >= 15 is 0 Å². The van der Waals surface area contributed by atoms with Gasteiger partial charge in [0, 0.05) is 12.3 Å². The van der Waals surface area contributed by atoms with Crippen molar-refractivity contribution in [1.82, 2.24) is 14.9 Å². The Hall–Kier alpha value is -2.83. The van der Waals surface area contributed by atoms with Crippen molar-refractivity contribution in [1.29, 1.82) is 0 Å². The van der Waals surface area contributed by atoms with Crippen molar-refractivity contribution in [3.05, 3.63) is 62.9 Å². The van der Waals surface area contributed by atoms with Crippen LogP contribution in [0.4, 0.5) is 0 Å². The van der Waals surface area contributed by atoms with Crippen LogP contribution in [0, 0.1) is 0 Å². The fourth-order valence-corrected chi connectivity index (χ4v) is 2.20. The summed E-state index contributed by atoms with van der Waals surface area (Å²) >= 11 is 0. The molecule has 24 heavy (non-hydrogen) atoms. The van der Waals surface area contributed by atoms with Crippen LogP contribution in [0.1, 0.15) is 32.4 Å². The molecule has 2 aromatic rings. The predicted molar refractivity (Wildman–Crippen MR) is 90.1 cm³/mol. The summed E-state index contributed by atoms with van der Waals surface area (Å²) in [6, 6.07) is 8.45. The van der Waals surface area contributed by atoms with Gasteiger partial charge in [0.05, 0.1) is 12.1 Å². The van der Waals surface area contributed by atoms with Crippen LogP contribution >= 0.6 is 0 Å². The molecule has 7 nitrogen and oxygen atoms in total. The number of rotatable bonds is 6. The topological polar surface area (TPSA) is 93.2 Å². The van der Waals surface area contributed by atoms with Gasteiger partial charge in [0.15, 0.2) is 0 Å². The van der Waals surface area contributed by atoms with Gasteiger partial charge in [-0.15, -0.1) is 0 Å². The number of hydrogen-bond donors (Lipinski definition) is 2. The van der Waals surface area contributed by atoms with Crippen LogP contribution in [-0.2, 0) is 11.3 Å². The molecule has 0 spiro atoms. The van der Waals surface area contributed by atoms with Crippen molar-refractivity contribution in [3.8, 4) is 5.75 Å². The van der Waals surface area contributed by atoms with Gasteiger partial charge in [-0.3, -0.25) is 19.1 Å². The molecule has 0 aliphatic rings. The molecule has 0 fully saturated rings. The SMILES string of the molecule is CC(C)Oc1ccc(C(C)NC(=O)Cn2ccc(=O)[nH]c2=O)cc1. The van der Waals surface area contributed by atoms with Crippen molar-refractivity contribution >= 4 is 5.91 Å². The molecule has 2 N–H and O–H groups in total. The lowest BCUT2D eigenvalue weighted by Gasteiger charge is -2.16. The van der Waals surface area contributed by atoms with Gasteiger partial charge >= 0.3 is 5.69 Å². The maximum Gasteiger partial charge on any atom is 0.328 e. The van der Waals surface area contributed by atoms with E-state index in [4.69, 9.17) is 4.74 Å². The van der Waals surface area contributed by atoms with Gasteiger partial charge in [-0.25, -0.2) is 4.79 Å². The van der Waals surface area contributed by atoms with Crippen LogP contribution in [0.2, 0.25) is 0 Å². The maximum absolute atomic E-state index is 12.1. The standard InChI is InChI=1S/C17H21N3O4/c1-11(2)24-14-6-4-13(5-7-14)12(3)18-16(22)10-20-9-8-15(21)19-17(20)23/h4-9,11-12H,10H2,1-3H3,(H,18,22)(H,19,21,23). The van der Waals surface area contributed by atoms with Gasteiger partial charge in [0.2, 0.25) is 5.91 Å². The summed E-state index contributed by atoms with van der Waals surface area (Å²) < 4.78 is 6.72. The zero-order valence-corrected chi connectivity index (χ0v) is 13.9. The third-order valence-corrected chi connectivity index (χ3v) is 3.34. The average molecular weight is 331 g/mol. The summed E-state index contributed by atoms with van der Waals surface area (Å²) in [6.45, 7) is 5.60. The van der Waals surface area contributed by atoms with E-state index in [0.717, 1.165) is 15.9 Å². The summed E-state index contributed by atoms with van der Waals surface area (Å²) in [6.07, 6.45) is 1.40. The highest BCUT2D eigenvalue weighted by atomic mass is 16.5. The fourth-order valence-electron chi connectivity index (χ4n) is 2.20. The van der Waals surface area contributed by atoms with Crippen molar-refractivity contribution in [2.45, 2.75) is 39.5 Å². The monoisotopic (exact) mass is 331 g/mol. The molecule has 2 rings (SSSR count). The quantitative estimate of drug-likeness (QED) is 0.832. The third-order valence-electron chi connectivity index (χ3n) is 3.34. The second kappa shape index (κ2) is 7.63. The lowest BCUT2D eigenvalue weighted by Crippen LogP contribution is -2.36. The van der Waals surface area contributed by atoms with Crippen molar-refractivity contribution in [2.24, 2.45) is 0 Å². The van der Waals surface area contributed by atoms with Gasteiger partial charge < -0.3 is 10.1 Å². The van der Waals surface area contributed by atoms with Gasteiger partial charge in [0.1, 0.15) is 12.3 Å². The van der Waals surface area contributed by atoms with E-state index in [9.17, 15) is 14.4 Å². The number of aromatic amines is 1. The number of carbonyl (C=O) groups is 1. The number of benzene rings is 1. The van der Waals surface area contributed by atoms with Crippen LogP contribution in [0.25, 0.3) is 0 Å². The predicted octanol–water partition coefficient (Wildman–Crippen LogP) is 1.20. The van der Waals surface area contributed by atoms with E-state index in [0.29, 0.717) is 0 Å². The highest BCUT2D eigenvalue weighted by Crippen LogP contribution is 2.18. The van der Waals surface area contributed by atoms with Gasteiger partial charge in [-0.2, -0.15) is 0 Å². The summed E-state index contributed by atoms with van der Waals surface area (Å²) in [5.74, 6) is 0.450. The summed E-state index contributed by atoms with van der Waals surface area (Å²) in [5.41, 5.74) is -0.178. The Balaban J connectivity index is 1.98. The number of nitrogens with zero attached hydrogens (tertiary/aromatic N) is 1. The second-order valence-corrected chi connectivity index (χ2v) is 5.76. The molecule has 0 saturated heterocycles. The Morgan fingerprint density at radius 3 is 2.42 bits per heavy atom. The van der Waals surface area contributed by atoms with E-state index in [1.165, 1.54) is 12.3 Å². The van der Waals surface area contributed by atoms with E-state index in [2.05, 4.69) is 10.3 Å². The molecule has 7 heteroatoms.